The van der Waals surface area contributed by atoms with Gasteiger partial charge in [0.25, 0.3) is 0 Å². The second-order valence-corrected chi connectivity index (χ2v) is 12.4. The maximum Gasteiger partial charge on any atom is 0.339 e. The fourth-order valence-electron chi connectivity index (χ4n) is 5.93. The van der Waals surface area contributed by atoms with E-state index in [0.29, 0.717) is 41.5 Å². The minimum atomic E-state index is -2.33. The fourth-order valence-corrected chi connectivity index (χ4v) is 6.47. The molecule has 13 nitrogen and oxygen atoms in total. The van der Waals surface area contributed by atoms with E-state index >= 15 is 0 Å². The quantitative estimate of drug-likeness (QED) is 0.100. The summed E-state index contributed by atoms with van der Waals surface area (Å²) in [7, 11) is 0. The summed E-state index contributed by atoms with van der Waals surface area (Å²) >= 11 is -2.33. The molecule has 6 rings (SSSR count). The smallest absolute Gasteiger partial charge is 0.339 e. The van der Waals surface area contributed by atoms with Crippen LogP contribution in [0.1, 0.15) is 29.0 Å². The van der Waals surface area contributed by atoms with Gasteiger partial charge in [-0.25, -0.2) is 14.0 Å². The third-order valence-electron chi connectivity index (χ3n) is 8.44. The summed E-state index contributed by atoms with van der Waals surface area (Å²) in [6.07, 6.45) is 5.30. The predicted molar refractivity (Wildman–Crippen MR) is 180 cm³/mol. The molecule has 1 atom stereocenters. The van der Waals surface area contributed by atoms with E-state index in [-0.39, 0.29) is 28.6 Å². The number of likely N-dealkylation sites (tertiary alicyclic amines) is 1. The number of para-hydroxylation sites is 1. The number of imidazole rings is 1. The molecule has 14 heteroatoms. The number of amides is 1. The van der Waals surface area contributed by atoms with Crippen LogP contribution in [-0.4, -0.2) is 69.9 Å². The Morgan fingerprint density at radius 2 is 1.73 bits per heavy atom. The summed E-state index contributed by atoms with van der Waals surface area (Å²) in [5, 5.41) is 30.5. The molecule has 0 saturated carbocycles. The van der Waals surface area contributed by atoms with Crippen LogP contribution in [0.2, 0.25) is 0 Å². The number of fused-ring (bicyclic) bond motifs is 1. The average molecular weight is 668 g/mol. The Kier molecular flexibility index (Phi) is 9.55. The molecule has 3 aromatic carbocycles. The Balaban J connectivity index is 1.13. The molecule has 1 amide bonds. The first-order valence-electron chi connectivity index (χ1n) is 15.3. The molecule has 48 heavy (non-hydrogen) atoms. The van der Waals surface area contributed by atoms with Crippen LogP contribution in [0.4, 0.5) is 17.1 Å². The van der Waals surface area contributed by atoms with Crippen molar-refractivity contribution in [1.82, 2.24) is 19.4 Å². The summed E-state index contributed by atoms with van der Waals surface area (Å²) in [4.78, 5) is 35.4. The topological polar surface area (TPSA) is 183 Å². The van der Waals surface area contributed by atoms with Gasteiger partial charge < -0.3 is 29.5 Å². The highest BCUT2D eigenvalue weighted by Gasteiger charge is 2.24. The van der Waals surface area contributed by atoms with Crippen molar-refractivity contribution in [3.05, 3.63) is 90.5 Å². The van der Waals surface area contributed by atoms with Gasteiger partial charge >= 0.3 is 5.97 Å². The zero-order valence-corrected chi connectivity index (χ0v) is 26.8. The lowest BCUT2D eigenvalue weighted by Crippen LogP contribution is -2.42. The molecule has 1 saturated heterocycles. The van der Waals surface area contributed by atoms with Crippen LogP contribution in [0.15, 0.2) is 94.2 Å². The number of rotatable bonds is 10. The number of azo groups is 1. The van der Waals surface area contributed by atoms with Gasteiger partial charge in [-0.15, -0.1) is 0 Å². The summed E-state index contributed by atoms with van der Waals surface area (Å²) in [5.74, 6) is -0.364. The maximum atomic E-state index is 13.3. The Bertz CT molecular complexity index is 2060. The number of carboxylic acids is 1. The number of anilines is 1. The minimum Gasteiger partial charge on any atom is -0.507 e. The number of hydrogen-bond donors (Lipinski definition) is 4. The summed E-state index contributed by atoms with van der Waals surface area (Å²) < 4.78 is 24.6. The maximum absolute atomic E-state index is 13.3. The molecule has 1 fully saturated rings. The monoisotopic (exact) mass is 667 g/mol. The van der Waals surface area contributed by atoms with Crippen LogP contribution < -0.4 is 5.32 Å². The van der Waals surface area contributed by atoms with E-state index in [1.807, 2.05) is 24.0 Å². The number of piperidine rings is 1. The summed E-state index contributed by atoms with van der Waals surface area (Å²) in [6, 6.07) is 17.6. The van der Waals surface area contributed by atoms with E-state index in [1.54, 1.807) is 36.7 Å². The van der Waals surface area contributed by atoms with E-state index in [9.17, 15) is 28.6 Å². The van der Waals surface area contributed by atoms with Crippen LogP contribution in [-0.2, 0) is 22.4 Å². The standard InChI is InChI=1S/C34H33N7O6S/c1-21-37-29-18-35-13-10-30(29)41(21)20-22-11-14-40(15-12-22)33(43)19-36-28-5-3-2-4-25(28)26-16-24(7-9-32(26)48(46)47)39-38-23-6-8-31(42)27(17-23)34(44)45/h2-10,13,16-18,22,36,42H,11-12,14-15,19-20H2,1H3,(H,44,45)(H,46,47). The first-order valence-corrected chi connectivity index (χ1v) is 16.4. The van der Waals surface area contributed by atoms with Gasteiger partial charge in [0.1, 0.15) is 22.7 Å². The van der Waals surface area contributed by atoms with Crippen molar-refractivity contribution in [3.8, 4) is 16.9 Å². The minimum absolute atomic E-state index is 0.0401. The number of aromatic nitrogens is 3. The van der Waals surface area contributed by atoms with Crippen LogP contribution in [0.5, 0.6) is 5.75 Å². The molecule has 0 bridgehead atoms. The highest BCUT2D eigenvalue weighted by atomic mass is 32.2. The number of aromatic carboxylic acids is 1. The molecule has 1 unspecified atom stereocenters. The number of aryl methyl sites for hydroxylation is 1. The number of carbonyl (C=O) groups is 2. The van der Waals surface area contributed by atoms with Crippen LogP contribution in [0, 0.1) is 12.8 Å². The lowest BCUT2D eigenvalue weighted by Gasteiger charge is -2.32. The fraction of sp³-hybridized carbons (Fsp3) is 0.235. The molecular formula is C34H33N7O6S. The van der Waals surface area contributed by atoms with E-state index < -0.39 is 22.8 Å². The molecule has 2 aromatic heterocycles. The van der Waals surface area contributed by atoms with Crippen molar-refractivity contribution >= 4 is 51.1 Å². The Morgan fingerprint density at radius 1 is 1.00 bits per heavy atom. The Labute approximate surface area is 278 Å². The zero-order valence-electron chi connectivity index (χ0n) is 26.0. The van der Waals surface area contributed by atoms with Crippen LogP contribution in [0.3, 0.4) is 0 Å². The summed E-state index contributed by atoms with van der Waals surface area (Å²) in [6.45, 7) is 4.18. The van der Waals surface area contributed by atoms with Gasteiger partial charge in [0.15, 0.2) is 11.1 Å². The third-order valence-corrected chi connectivity index (χ3v) is 9.17. The van der Waals surface area contributed by atoms with E-state index in [4.69, 9.17) is 0 Å². The first-order chi connectivity index (χ1) is 23.2. The Hall–Kier alpha value is -5.47. The zero-order chi connectivity index (χ0) is 33.8. The van der Waals surface area contributed by atoms with Gasteiger partial charge in [0.05, 0.1) is 34.5 Å². The first kappa shape index (κ1) is 32.5. The number of benzene rings is 3. The molecule has 1 aliphatic heterocycles. The van der Waals surface area contributed by atoms with Gasteiger partial charge in [0, 0.05) is 42.6 Å². The van der Waals surface area contributed by atoms with E-state index in [2.05, 4.69) is 30.1 Å². The molecule has 246 valence electrons. The number of phenols is 1. The van der Waals surface area contributed by atoms with Crippen LogP contribution in [0.25, 0.3) is 22.2 Å². The van der Waals surface area contributed by atoms with Crippen molar-refractivity contribution < 1.29 is 28.6 Å². The number of carboxylic acid groups (broad SMARTS) is 1. The van der Waals surface area contributed by atoms with Gasteiger partial charge in [-0.2, -0.15) is 10.2 Å². The van der Waals surface area contributed by atoms with Crippen molar-refractivity contribution in [1.29, 1.82) is 0 Å². The third kappa shape index (κ3) is 7.09. The molecule has 0 radical (unpaired) electrons. The number of aromatic hydroxyl groups is 1. The van der Waals surface area contributed by atoms with Crippen molar-refractivity contribution in [2.24, 2.45) is 16.1 Å². The second kappa shape index (κ2) is 14.1. The van der Waals surface area contributed by atoms with Crippen molar-refractivity contribution in [2.45, 2.75) is 31.2 Å². The summed E-state index contributed by atoms with van der Waals surface area (Å²) in [5.41, 5.74) is 3.79. The normalized spacial score (nSPS) is 14.4. The lowest BCUT2D eigenvalue weighted by molar-refractivity contribution is -0.130. The molecule has 1 aliphatic rings. The van der Waals surface area contributed by atoms with Crippen molar-refractivity contribution in [2.75, 3.05) is 25.0 Å². The average Bonchev–Trinajstić information content (AvgIpc) is 3.41. The van der Waals surface area contributed by atoms with E-state index in [1.165, 1.54) is 30.3 Å². The van der Waals surface area contributed by atoms with Gasteiger partial charge in [0.2, 0.25) is 5.91 Å². The van der Waals surface area contributed by atoms with E-state index in [0.717, 1.165) is 36.2 Å². The van der Waals surface area contributed by atoms with Gasteiger partial charge in [-0.1, -0.05) is 18.2 Å². The molecule has 0 spiro atoms. The number of hydrogen-bond acceptors (Lipinski definition) is 9. The highest BCUT2D eigenvalue weighted by Crippen LogP contribution is 2.36. The largest absolute Gasteiger partial charge is 0.507 e. The molecule has 0 aliphatic carbocycles. The Morgan fingerprint density at radius 3 is 2.48 bits per heavy atom. The number of nitrogens with one attached hydrogen (secondary N) is 1. The lowest BCUT2D eigenvalue weighted by atomic mass is 9.96. The SMILES string of the molecule is Cc1nc2cnccc2n1CC1CCN(C(=O)CNc2ccccc2-c2cc(N=Nc3ccc(O)c(C(=O)O)c3)ccc2S(=O)O)CC1. The van der Waals surface area contributed by atoms with Gasteiger partial charge in [-0.3, -0.25) is 9.78 Å². The van der Waals surface area contributed by atoms with Gasteiger partial charge in [-0.05, 0) is 74.2 Å². The number of nitrogens with zero attached hydrogens (tertiary/aromatic N) is 6. The van der Waals surface area contributed by atoms with Crippen molar-refractivity contribution in [3.63, 3.8) is 0 Å². The molecule has 5 aromatic rings. The predicted octanol–water partition coefficient (Wildman–Crippen LogP) is 6.16. The highest BCUT2D eigenvalue weighted by molar-refractivity contribution is 7.79. The molecule has 3 heterocycles. The van der Waals surface area contributed by atoms with Crippen LogP contribution >= 0.6 is 0 Å². The molecule has 4 N–H and O–H groups in total. The molecular weight excluding hydrogens is 634 g/mol. The second-order valence-electron chi connectivity index (χ2n) is 11.5. The number of pyridine rings is 1. The number of carbonyl (C=O) groups excluding carboxylic acids is 1.